The molecule has 3 nitrogen and oxygen atoms in total. The maximum Gasteiger partial charge on any atom is 0.133 e. The van der Waals surface area contributed by atoms with Crippen molar-refractivity contribution in [1.29, 1.82) is 0 Å². The van der Waals surface area contributed by atoms with Gasteiger partial charge in [-0.15, -0.1) is 0 Å². The second-order valence-electron chi connectivity index (χ2n) is 4.26. The van der Waals surface area contributed by atoms with Gasteiger partial charge in [0, 0.05) is 5.56 Å². The molecule has 19 heavy (non-hydrogen) atoms. The van der Waals surface area contributed by atoms with Gasteiger partial charge in [0.15, 0.2) is 0 Å². The highest BCUT2D eigenvalue weighted by molar-refractivity contribution is 9.10. The Hall–Kier alpha value is -1.26. The summed E-state index contributed by atoms with van der Waals surface area (Å²) >= 11 is 3.47. The van der Waals surface area contributed by atoms with E-state index in [0.717, 1.165) is 41.1 Å². The SMILES string of the molecule is CCCNCc1occc1COc1ccccc1Br. The molecule has 102 valence electrons. The van der Waals surface area contributed by atoms with E-state index in [1.807, 2.05) is 30.3 Å². The zero-order chi connectivity index (χ0) is 13.5. The molecule has 0 bridgehead atoms. The van der Waals surface area contributed by atoms with E-state index in [1.165, 1.54) is 0 Å². The number of hydrogen-bond donors (Lipinski definition) is 1. The fourth-order valence-electron chi connectivity index (χ4n) is 1.75. The highest BCUT2D eigenvalue weighted by Gasteiger charge is 2.07. The van der Waals surface area contributed by atoms with Crippen molar-refractivity contribution in [2.24, 2.45) is 0 Å². The lowest BCUT2D eigenvalue weighted by Gasteiger charge is -2.08. The minimum Gasteiger partial charge on any atom is -0.488 e. The maximum atomic E-state index is 5.79. The van der Waals surface area contributed by atoms with Crippen LogP contribution in [0.1, 0.15) is 24.7 Å². The lowest BCUT2D eigenvalue weighted by Crippen LogP contribution is -2.14. The Bertz CT molecular complexity index is 510. The molecule has 1 N–H and O–H groups in total. The van der Waals surface area contributed by atoms with Crippen LogP contribution < -0.4 is 10.1 Å². The molecule has 0 atom stereocenters. The average molecular weight is 324 g/mol. The van der Waals surface area contributed by atoms with Gasteiger partial charge < -0.3 is 14.5 Å². The van der Waals surface area contributed by atoms with Crippen molar-refractivity contribution in [3.63, 3.8) is 0 Å². The van der Waals surface area contributed by atoms with E-state index < -0.39 is 0 Å². The third-order valence-corrected chi connectivity index (χ3v) is 3.42. The van der Waals surface area contributed by atoms with Gasteiger partial charge in [0.05, 0.1) is 17.3 Å². The molecular weight excluding hydrogens is 306 g/mol. The molecule has 0 saturated carbocycles. The van der Waals surface area contributed by atoms with Crippen molar-refractivity contribution in [2.45, 2.75) is 26.5 Å². The Morgan fingerprint density at radius 1 is 1.26 bits per heavy atom. The second-order valence-corrected chi connectivity index (χ2v) is 5.12. The van der Waals surface area contributed by atoms with Gasteiger partial charge in [0.1, 0.15) is 18.1 Å². The molecule has 0 aliphatic rings. The van der Waals surface area contributed by atoms with Crippen LogP contribution in [0.15, 0.2) is 45.5 Å². The molecule has 2 aromatic rings. The summed E-state index contributed by atoms with van der Waals surface area (Å²) in [7, 11) is 0. The Kier molecular flexibility index (Phi) is 5.48. The van der Waals surface area contributed by atoms with Crippen LogP contribution in [0.4, 0.5) is 0 Å². The molecule has 0 aliphatic heterocycles. The summed E-state index contributed by atoms with van der Waals surface area (Å²) in [4.78, 5) is 0. The lowest BCUT2D eigenvalue weighted by molar-refractivity contribution is 0.299. The first kappa shape index (κ1) is 14.2. The standard InChI is InChI=1S/C15H18BrNO2/c1-2-8-17-10-15-12(7-9-18-15)11-19-14-6-4-3-5-13(14)16/h3-7,9,17H,2,8,10-11H2,1H3. The van der Waals surface area contributed by atoms with E-state index >= 15 is 0 Å². The van der Waals surface area contributed by atoms with Crippen molar-refractivity contribution in [2.75, 3.05) is 6.54 Å². The molecule has 0 saturated heterocycles. The van der Waals surface area contributed by atoms with Crippen LogP contribution in [0.5, 0.6) is 5.75 Å². The lowest BCUT2D eigenvalue weighted by atomic mass is 10.2. The normalized spacial score (nSPS) is 10.6. The van der Waals surface area contributed by atoms with Gasteiger partial charge in [0.2, 0.25) is 0 Å². The molecule has 0 unspecified atom stereocenters. The summed E-state index contributed by atoms with van der Waals surface area (Å²) in [5.41, 5.74) is 1.08. The first-order valence-electron chi connectivity index (χ1n) is 6.44. The van der Waals surface area contributed by atoms with E-state index in [0.29, 0.717) is 6.61 Å². The summed E-state index contributed by atoms with van der Waals surface area (Å²) in [6, 6.07) is 9.79. The average Bonchev–Trinajstić information content (AvgIpc) is 2.86. The summed E-state index contributed by atoms with van der Waals surface area (Å²) < 4.78 is 12.2. The number of rotatable bonds is 7. The fourth-order valence-corrected chi connectivity index (χ4v) is 2.15. The van der Waals surface area contributed by atoms with Crippen molar-refractivity contribution in [1.82, 2.24) is 5.32 Å². The van der Waals surface area contributed by atoms with Crippen LogP contribution in [0.3, 0.4) is 0 Å². The first-order chi connectivity index (χ1) is 9.31. The van der Waals surface area contributed by atoms with Crippen molar-refractivity contribution in [3.8, 4) is 5.75 Å². The van der Waals surface area contributed by atoms with Crippen LogP contribution in [0.25, 0.3) is 0 Å². The summed E-state index contributed by atoms with van der Waals surface area (Å²) in [5.74, 6) is 1.79. The third-order valence-electron chi connectivity index (χ3n) is 2.77. The topological polar surface area (TPSA) is 34.4 Å². The molecule has 1 aromatic carbocycles. The van der Waals surface area contributed by atoms with Crippen molar-refractivity contribution < 1.29 is 9.15 Å². The van der Waals surface area contributed by atoms with Crippen LogP contribution in [0.2, 0.25) is 0 Å². The first-order valence-corrected chi connectivity index (χ1v) is 7.24. The Morgan fingerprint density at radius 3 is 2.89 bits per heavy atom. The van der Waals surface area contributed by atoms with Crippen LogP contribution in [-0.2, 0) is 13.2 Å². The monoisotopic (exact) mass is 323 g/mol. The van der Waals surface area contributed by atoms with Crippen LogP contribution in [0, 0.1) is 0 Å². The predicted molar refractivity (Wildman–Crippen MR) is 79.2 cm³/mol. The number of halogens is 1. The van der Waals surface area contributed by atoms with E-state index in [4.69, 9.17) is 9.15 Å². The van der Waals surface area contributed by atoms with Gasteiger partial charge in [-0.3, -0.25) is 0 Å². The summed E-state index contributed by atoms with van der Waals surface area (Å²) in [6.45, 7) is 4.40. The van der Waals surface area contributed by atoms with Gasteiger partial charge >= 0.3 is 0 Å². The molecule has 0 aliphatic carbocycles. The molecule has 1 aromatic heterocycles. The van der Waals surface area contributed by atoms with E-state index in [1.54, 1.807) is 6.26 Å². The molecular formula is C15H18BrNO2. The number of para-hydroxylation sites is 1. The molecule has 0 amide bonds. The second kappa shape index (κ2) is 7.36. The third kappa shape index (κ3) is 4.11. The van der Waals surface area contributed by atoms with Gasteiger partial charge in [-0.25, -0.2) is 0 Å². The zero-order valence-electron chi connectivity index (χ0n) is 11.0. The van der Waals surface area contributed by atoms with Crippen LogP contribution >= 0.6 is 15.9 Å². The predicted octanol–water partition coefficient (Wildman–Crippen LogP) is 4.12. The Balaban J connectivity index is 1.93. The highest BCUT2D eigenvalue weighted by Crippen LogP contribution is 2.25. The number of ether oxygens (including phenoxy) is 1. The maximum absolute atomic E-state index is 5.79. The minimum atomic E-state index is 0.516. The molecule has 0 spiro atoms. The number of hydrogen-bond acceptors (Lipinski definition) is 3. The minimum absolute atomic E-state index is 0.516. The Morgan fingerprint density at radius 2 is 2.11 bits per heavy atom. The van der Waals surface area contributed by atoms with Gasteiger partial charge in [-0.05, 0) is 47.1 Å². The van der Waals surface area contributed by atoms with Gasteiger partial charge in [-0.1, -0.05) is 19.1 Å². The summed E-state index contributed by atoms with van der Waals surface area (Å²) in [6.07, 6.45) is 2.82. The Labute approximate surface area is 122 Å². The van der Waals surface area contributed by atoms with E-state index in [9.17, 15) is 0 Å². The molecule has 0 radical (unpaired) electrons. The van der Waals surface area contributed by atoms with E-state index in [2.05, 4.69) is 28.2 Å². The molecule has 2 rings (SSSR count). The van der Waals surface area contributed by atoms with Crippen molar-refractivity contribution in [3.05, 3.63) is 52.4 Å². The van der Waals surface area contributed by atoms with Gasteiger partial charge in [0.25, 0.3) is 0 Å². The number of benzene rings is 1. The largest absolute Gasteiger partial charge is 0.488 e. The van der Waals surface area contributed by atoms with Gasteiger partial charge in [-0.2, -0.15) is 0 Å². The number of nitrogens with one attached hydrogen (secondary N) is 1. The van der Waals surface area contributed by atoms with Crippen LogP contribution in [-0.4, -0.2) is 6.54 Å². The molecule has 4 heteroatoms. The zero-order valence-corrected chi connectivity index (χ0v) is 12.6. The highest BCUT2D eigenvalue weighted by atomic mass is 79.9. The molecule has 1 heterocycles. The summed E-state index contributed by atoms with van der Waals surface area (Å²) in [5, 5.41) is 3.33. The smallest absolute Gasteiger partial charge is 0.133 e. The molecule has 0 fully saturated rings. The number of furan rings is 1. The van der Waals surface area contributed by atoms with E-state index in [-0.39, 0.29) is 0 Å². The fraction of sp³-hybridized carbons (Fsp3) is 0.333. The van der Waals surface area contributed by atoms with Crippen molar-refractivity contribution >= 4 is 15.9 Å². The quantitative estimate of drug-likeness (QED) is 0.778.